The molecular formula is C14H20N2O4S. The molecule has 2 N–H and O–H groups in total. The summed E-state index contributed by atoms with van der Waals surface area (Å²) in [7, 11) is -1.56. The molecule has 1 aliphatic heterocycles. The van der Waals surface area contributed by atoms with Crippen LogP contribution in [0.2, 0.25) is 0 Å². The van der Waals surface area contributed by atoms with Crippen molar-refractivity contribution in [2.45, 2.75) is 19.4 Å². The fraction of sp³-hybridized carbons (Fsp3) is 0.500. The van der Waals surface area contributed by atoms with Crippen LogP contribution in [0.4, 0.5) is 5.69 Å². The van der Waals surface area contributed by atoms with Gasteiger partial charge in [0.1, 0.15) is 5.75 Å². The number of ether oxygens (including phenoxy) is 1. The second-order valence-electron chi connectivity index (χ2n) is 5.11. The van der Waals surface area contributed by atoms with E-state index >= 15 is 0 Å². The Morgan fingerprint density at radius 1 is 1.48 bits per heavy atom. The lowest BCUT2D eigenvalue weighted by molar-refractivity contribution is 0.0705. The normalized spacial score (nSPS) is 20.2. The van der Waals surface area contributed by atoms with E-state index in [9.17, 15) is 13.2 Å². The highest BCUT2D eigenvalue weighted by Gasteiger charge is 2.34. The molecule has 1 aromatic carbocycles. The topological polar surface area (TPSA) is 89.7 Å². The summed E-state index contributed by atoms with van der Waals surface area (Å²) >= 11 is 0. The Balaban J connectivity index is 2.31. The third kappa shape index (κ3) is 3.29. The van der Waals surface area contributed by atoms with Crippen LogP contribution in [0.25, 0.3) is 0 Å². The Morgan fingerprint density at radius 3 is 2.71 bits per heavy atom. The van der Waals surface area contributed by atoms with E-state index < -0.39 is 9.84 Å². The highest BCUT2D eigenvalue weighted by Crippen LogP contribution is 2.26. The predicted molar refractivity (Wildman–Crippen MR) is 81.2 cm³/mol. The summed E-state index contributed by atoms with van der Waals surface area (Å²) in [5.74, 6) is 0.351. The van der Waals surface area contributed by atoms with Crippen LogP contribution >= 0.6 is 0 Å². The lowest BCUT2D eigenvalue weighted by atomic mass is 10.1. The van der Waals surface area contributed by atoms with Crippen molar-refractivity contribution >= 4 is 21.4 Å². The Labute approximate surface area is 124 Å². The minimum absolute atomic E-state index is 0.0250. The second kappa shape index (κ2) is 5.93. The maximum atomic E-state index is 12.7. The summed E-state index contributed by atoms with van der Waals surface area (Å²) in [6.07, 6.45) is 0.479. The zero-order chi connectivity index (χ0) is 15.6. The molecule has 1 heterocycles. The molecule has 0 bridgehead atoms. The van der Waals surface area contributed by atoms with Gasteiger partial charge in [0.25, 0.3) is 5.91 Å². The molecule has 1 atom stereocenters. The maximum Gasteiger partial charge on any atom is 0.257 e. The van der Waals surface area contributed by atoms with Gasteiger partial charge in [-0.2, -0.15) is 0 Å². The van der Waals surface area contributed by atoms with Crippen molar-refractivity contribution in [2.24, 2.45) is 0 Å². The number of benzene rings is 1. The van der Waals surface area contributed by atoms with Crippen LogP contribution in [0.15, 0.2) is 18.2 Å². The first-order valence-electron chi connectivity index (χ1n) is 6.83. The minimum atomic E-state index is -3.04. The molecule has 1 fully saturated rings. The fourth-order valence-corrected chi connectivity index (χ4v) is 4.37. The van der Waals surface area contributed by atoms with Crippen molar-refractivity contribution in [1.29, 1.82) is 0 Å². The molecule has 0 saturated carbocycles. The summed E-state index contributed by atoms with van der Waals surface area (Å²) < 4.78 is 28.4. The van der Waals surface area contributed by atoms with Crippen LogP contribution in [0.3, 0.4) is 0 Å². The molecule has 1 aliphatic rings. The Bertz CT molecular complexity index is 642. The number of carbonyl (C=O) groups excluding carboxylic acids is 1. The number of hydrogen-bond acceptors (Lipinski definition) is 5. The number of nitrogens with two attached hydrogens (primary N) is 1. The van der Waals surface area contributed by atoms with Crippen LogP contribution in [-0.2, 0) is 9.84 Å². The molecule has 7 heteroatoms. The highest BCUT2D eigenvalue weighted by atomic mass is 32.2. The Morgan fingerprint density at radius 2 is 2.19 bits per heavy atom. The highest BCUT2D eigenvalue weighted by molar-refractivity contribution is 7.91. The molecule has 1 amide bonds. The van der Waals surface area contributed by atoms with Gasteiger partial charge in [0.15, 0.2) is 9.84 Å². The van der Waals surface area contributed by atoms with Gasteiger partial charge in [-0.3, -0.25) is 4.79 Å². The average molecular weight is 312 g/mol. The number of sulfone groups is 1. The lowest BCUT2D eigenvalue weighted by Gasteiger charge is -2.27. The molecule has 1 aromatic rings. The van der Waals surface area contributed by atoms with Gasteiger partial charge in [0.05, 0.1) is 24.2 Å². The largest absolute Gasteiger partial charge is 0.496 e. The van der Waals surface area contributed by atoms with E-state index in [0.29, 0.717) is 30.0 Å². The van der Waals surface area contributed by atoms with Crippen LogP contribution in [0.1, 0.15) is 23.7 Å². The van der Waals surface area contributed by atoms with E-state index in [1.807, 2.05) is 6.92 Å². The molecule has 0 aromatic heterocycles. The zero-order valence-electron chi connectivity index (χ0n) is 12.2. The van der Waals surface area contributed by atoms with E-state index in [4.69, 9.17) is 10.5 Å². The molecule has 1 unspecified atom stereocenters. The summed E-state index contributed by atoms with van der Waals surface area (Å²) in [5.41, 5.74) is 6.57. The molecule has 1 saturated heterocycles. The Hall–Kier alpha value is -1.76. The van der Waals surface area contributed by atoms with Crippen LogP contribution in [0.5, 0.6) is 5.75 Å². The van der Waals surface area contributed by atoms with Gasteiger partial charge in [-0.1, -0.05) is 0 Å². The van der Waals surface area contributed by atoms with Gasteiger partial charge >= 0.3 is 0 Å². The third-order valence-electron chi connectivity index (χ3n) is 3.70. The number of methoxy groups -OCH3 is 1. The molecular weight excluding hydrogens is 292 g/mol. The number of carbonyl (C=O) groups is 1. The van der Waals surface area contributed by atoms with Gasteiger partial charge in [0.2, 0.25) is 0 Å². The van der Waals surface area contributed by atoms with Gasteiger partial charge in [-0.15, -0.1) is 0 Å². The maximum absolute atomic E-state index is 12.7. The zero-order valence-corrected chi connectivity index (χ0v) is 13.0. The second-order valence-corrected chi connectivity index (χ2v) is 7.34. The quantitative estimate of drug-likeness (QED) is 0.835. The van der Waals surface area contributed by atoms with Crippen LogP contribution < -0.4 is 10.5 Å². The Kier molecular flexibility index (Phi) is 4.41. The SMILES string of the molecule is CCN(C(=O)c1cc(N)ccc1OC)C1CCS(=O)(=O)C1. The molecule has 116 valence electrons. The summed E-state index contributed by atoms with van der Waals surface area (Å²) in [6, 6.07) is 4.58. The molecule has 0 radical (unpaired) electrons. The molecule has 2 rings (SSSR count). The van der Waals surface area contributed by atoms with Crippen molar-refractivity contribution in [1.82, 2.24) is 4.90 Å². The number of amides is 1. The third-order valence-corrected chi connectivity index (χ3v) is 5.46. The number of rotatable bonds is 4. The first-order chi connectivity index (χ1) is 9.88. The van der Waals surface area contributed by atoms with Gasteiger partial charge in [-0.05, 0) is 31.5 Å². The summed E-state index contributed by atoms with van der Waals surface area (Å²) in [5, 5.41) is 0. The molecule has 6 nitrogen and oxygen atoms in total. The van der Waals surface area contributed by atoms with E-state index in [2.05, 4.69) is 0 Å². The van der Waals surface area contributed by atoms with Crippen molar-refractivity contribution < 1.29 is 17.9 Å². The smallest absolute Gasteiger partial charge is 0.257 e. The molecule has 0 spiro atoms. The first kappa shape index (κ1) is 15.6. The number of hydrogen-bond donors (Lipinski definition) is 1. The van der Waals surface area contributed by atoms with Gasteiger partial charge in [0, 0.05) is 18.3 Å². The van der Waals surface area contributed by atoms with E-state index in [-0.39, 0.29) is 23.5 Å². The fourth-order valence-electron chi connectivity index (χ4n) is 2.64. The van der Waals surface area contributed by atoms with Crippen molar-refractivity contribution in [2.75, 3.05) is 30.9 Å². The predicted octanol–water partition coefficient (Wildman–Crippen LogP) is 0.927. The standard InChI is InChI=1S/C14H20N2O4S/c1-3-16(11-6-7-21(18,19)9-11)14(17)12-8-10(15)4-5-13(12)20-2/h4-5,8,11H,3,6-7,9,15H2,1-2H3. The number of nitrogens with zero attached hydrogens (tertiary/aromatic N) is 1. The molecule has 21 heavy (non-hydrogen) atoms. The van der Waals surface area contributed by atoms with E-state index in [1.54, 1.807) is 23.1 Å². The van der Waals surface area contributed by atoms with Crippen molar-refractivity contribution in [3.63, 3.8) is 0 Å². The van der Waals surface area contributed by atoms with Gasteiger partial charge < -0.3 is 15.4 Å². The van der Waals surface area contributed by atoms with Gasteiger partial charge in [-0.25, -0.2) is 8.42 Å². The van der Waals surface area contributed by atoms with Crippen LogP contribution in [0, 0.1) is 0 Å². The lowest BCUT2D eigenvalue weighted by Crippen LogP contribution is -2.41. The van der Waals surface area contributed by atoms with Crippen LogP contribution in [-0.4, -0.2) is 50.4 Å². The summed E-state index contributed by atoms with van der Waals surface area (Å²) in [6.45, 7) is 2.28. The summed E-state index contributed by atoms with van der Waals surface area (Å²) in [4.78, 5) is 14.3. The minimum Gasteiger partial charge on any atom is -0.496 e. The monoisotopic (exact) mass is 312 g/mol. The first-order valence-corrected chi connectivity index (χ1v) is 8.65. The molecule has 0 aliphatic carbocycles. The van der Waals surface area contributed by atoms with Crippen molar-refractivity contribution in [3.05, 3.63) is 23.8 Å². The number of anilines is 1. The average Bonchev–Trinajstić information content (AvgIpc) is 2.79. The van der Waals surface area contributed by atoms with Crippen molar-refractivity contribution in [3.8, 4) is 5.75 Å². The number of nitrogen functional groups attached to an aromatic ring is 1. The van der Waals surface area contributed by atoms with E-state index in [1.165, 1.54) is 7.11 Å². The van der Waals surface area contributed by atoms with E-state index in [0.717, 1.165) is 0 Å².